The van der Waals surface area contributed by atoms with Crippen LogP contribution < -0.4 is 10.9 Å². The van der Waals surface area contributed by atoms with E-state index in [0.717, 1.165) is 18.4 Å². The van der Waals surface area contributed by atoms with Gasteiger partial charge < -0.3 is 20.1 Å². The van der Waals surface area contributed by atoms with Crippen molar-refractivity contribution < 1.29 is 15.0 Å². The molecule has 8 nitrogen and oxygen atoms in total. The highest BCUT2D eigenvalue weighted by atomic mass is 16.4. The molecule has 0 radical (unpaired) electrons. The first-order chi connectivity index (χ1) is 16.6. The monoisotopic (exact) mass is 468 g/mol. The molecule has 0 amide bonds. The van der Waals surface area contributed by atoms with E-state index in [4.69, 9.17) is 0 Å². The van der Waals surface area contributed by atoms with E-state index in [1.807, 2.05) is 28.8 Å². The van der Waals surface area contributed by atoms with Crippen molar-refractivity contribution in [3.05, 3.63) is 34.6 Å². The first-order valence-corrected chi connectivity index (χ1v) is 13.0. The number of nitrogens with zero attached hydrogens (tertiary/aromatic N) is 3. The van der Waals surface area contributed by atoms with Gasteiger partial charge in [0, 0.05) is 24.2 Å². The normalized spacial score (nSPS) is 27.3. The topological polar surface area (TPSA) is 108 Å². The average molecular weight is 469 g/mol. The van der Waals surface area contributed by atoms with Crippen LogP contribution in [0.15, 0.2) is 29.1 Å². The lowest BCUT2D eigenvalue weighted by atomic mass is 9.89. The molecule has 2 saturated heterocycles. The molecule has 3 aliphatic rings. The van der Waals surface area contributed by atoms with Gasteiger partial charge in [-0.1, -0.05) is 44.2 Å². The number of nitrogens with one attached hydrogen (secondary N) is 1. The van der Waals surface area contributed by atoms with Gasteiger partial charge in [0.25, 0.3) is 5.56 Å². The van der Waals surface area contributed by atoms with Crippen LogP contribution in [0.1, 0.15) is 76.7 Å². The molecule has 1 aromatic carbocycles. The van der Waals surface area contributed by atoms with Gasteiger partial charge in [-0.25, -0.2) is 9.78 Å². The van der Waals surface area contributed by atoms with E-state index < -0.39 is 18.6 Å². The van der Waals surface area contributed by atoms with E-state index in [1.54, 1.807) is 0 Å². The summed E-state index contributed by atoms with van der Waals surface area (Å²) < 4.78 is 1.85. The highest BCUT2D eigenvalue weighted by Gasteiger charge is 2.44. The lowest BCUT2D eigenvalue weighted by Gasteiger charge is -2.45. The number of aromatic nitrogens is 2. The Balaban J connectivity index is 1.46. The number of aliphatic hydroxyl groups excluding tert-OH is 1. The summed E-state index contributed by atoms with van der Waals surface area (Å²) in [6.45, 7) is -0.618. The minimum atomic E-state index is -1.27. The number of aliphatic carboxylic acids is 1. The summed E-state index contributed by atoms with van der Waals surface area (Å²) in [6.07, 6.45) is 13.5. The van der Waals surface area contributed by atoms with Crippen molar-refractivity contribution in [2.75, 3.05) is 11.9 Å². The SMILES string of the molecule is O=C(O)[C@H](CO)Nc1nc2ccccc2n(C2C[C@H]3CC[C@@H](C2)N3C2CCCCCCC2)c1=O. The fourth-order valence-corrected chi connectivity index (χ4v) is 6.69. The summed E-state index contributed by atoms with van der Waals surface area (Å²) in [5, 5.41) is 21.5. The second-order valence-corrected chi connectivity index (χ2v) is 10.3. The van der Waals surface area contributed by atoms with Gasteiger partial charge in [0.05, 0.1) is 17.6 Å². The van der Waals surface area contributed by atoms with Crippen LogP contribution in [-0.4, -0.2) is 61.4 Å². The second kappa shape index (κ2) is 10.0. The maximum Gasteiger partial charge on any atom is 0.328 e. The van der Waals surface area contributed by atoms with Gasteiger partial charge in [0.15, 0.2) is 5.82 Å². The van der Waals surface area contributed by atoms with E-state index in [1.165, 1.54) is 57.8 Å². The van der Waals surface area contributed by atoms with Crippen LogP contribution >= 0.6 is 0 Å². The van der Waals surface area contributed by atoms with Gasteiger partial charge in [-0.3, -0.25) is 9.69 Å². The lowest BCUT2D eigenvalue weighted by molar-refractivity contribution is -0.138. The maximum absolute atomic E-state index is 13.6. The van der Waals surface area contributed by atoms with Gasteiger partial charge >= 0.3 is 5.97 Å². The first-order valence-electron chi connectivity index (χ1n) is 13.0. The number of fused-ring (bicyclic) bond motifs is 3. The minimum Gasteiger partial charge on any atom is -0.480 e. The van der Waals surface area contributed by atoms with Crippen molar-refractivity contribution in [3.8, 4) is 0 Å². The molecule has 1 saturated carbocycles. The summed E-state index contributed by atoms with van der Waals surface area (Å²) >= 11 is 0. The summed E-state index contributed by atoms with van der Waals surface area (Å²) in [5.41, 5.74) is 1.14. The third-order valence-electron chi connectivity index (χ3n) is 8.21. The summed E-state index contributed by atoms with van der Waals surface area (Å²) in [6, 6.07) is 8.01. The molecule has 3 fully saturated rings. The third-order valence-corrected chi connectivity index (χ3v) is 8.21. The number of carbonyl (C=O) groups is 1. The number of carboxylic acids is 1. The maximum atomic E-state index is 13.6. The van der Waals surface area contributed by atoms with E-state index in [-0.39, 0.29) is 17.4 Å². The molecule has 2 aliphatic heterocycles. The van der Waals surface area contributed by atoms with Crippen molar-refractivity contribution in [3.63, 3.8) is 0 Å². The Hall–Kier alpha value is -2.45. The van der Waals surface area contributed by atoms with Crippen LogP contribution in [0, 0.1) is 0 Å². The predicted octanol–water partition coefficient (Wildman–Crippen LogP) is 3.53. The Bertz CT molecular complexity index is 1060. The number of para-hydroxylation sites is 2. The molecule has 1 aliphatic carbocycles. The van der Waals surface area contributed by atoms with Crippen LogP contribution in [-0.2, 0) is 4.79 Å². The van der Waals surface area contributed by atoms with Crippen LogP contribution in [0.4, 0.5) is 5.82 Å². The number of benzene rings is 1. The second-order valence-electron chi connectivity index (χ2n) is 10.3. The van der Waals surface area contributed by atoms with Gasteiger partial charge in [-0.2, -0.15) is 0 Å². The fraction of sp³-hybridized carbons (Fsp3) is 0.654. The highest BCUT2D eigenvalue weighted by Crippen LogP contribution is 2.44. The first kappa shape index (κ1) is 23.3. The minimum absolute atomic E-state index is 0.00468. The lowest BCUT2D eigenvalue weighted by Crippen LogP contribution is -2.50. The zero-order valence-electron chi connectivity index (χ0n) is 19.7. The van der Waals surface area contributed by atoms with Crippen molar-refractivity contribution in [2.45, 2.75) is 101 Å². The molecule has 3 N–H and O–H groups in total. The number of piperidine rings is 1. The molecular formula is C26H36N4O4. The Morgan fingerprint density at radius 1 is 0.971 bits per heavy atom. The molecule has 34 heavy (non-hydrogen) atoms. The van der Waals surface area contributed by atoms with Crippen LogP contribution in [0.25, 0.3) is 11.0 Å². The smallest absolute Gasteiger partial charge is 0.328 e. The van der Waals surface area contributed by atoms with Crippen molar-refractivity contribution >= 4 is 22.8 Å². The Kier molecular flexibility index (Phi) is 6.88. The Morgan fingerprint density at radius 2 is 1.62 bits per heavy atom. The molecule has 0 spiro atoms. The Labute approximate surface area is 200 Å². The molecule has 1 aromatic heterocycles. The molecule has 2 aromatic rings. The van der Waals surface area contributed by atoms with Gasteiger partial charge in [-0.05, 0) is 50.7 Å². The molecule has 4 atom stereocenters. The van der Waals surface area contributed by atoms with Crippen molar-refractivity contribution in [1.29, 1.82) is 0 Å². The number of carboxylic acid groups (broad SMARTS) is 1. The zero-order valence-corrected chi connectivity index (χ0v) is 19.7. The summed E-state index contributed by atoms with van der Waals surface area (Å²) in [4.78, 5) is 32.3. The number of hydrogen-bond donors (Lipinski definition) is 3. The number of anilines is 1. The third kappa shape index (κ3) is 4.45. The van der Waals surface area contributed by atoms with Crippen LogP contribution in [0.3, 0.4) is 0 Å². The van der Waals surface area contributed by atoms with E-state index in [0.29, 0.717) is 23.6 Å². The van der Waals surface area contributed by atoms with Crippen molar-refractivity contribution in [1.82, 2.24) is 14.5 Å². The standard InChI is InChI=1S/C26H36N4O4/c31-16-22(26(33)34)28-24-25(32)30(23-11-7-6-10-21(23)27-24)20-14-18-12-13-19(15-20)29(18)17-8-4-2-1-3-5-9-17/h6-7,10-11,17-20,22,31H,1-5,8-9,12-16H2,(H,27,28)(H,33,34)/t18-,19+,20?,22-/m0/s1. The molecule has 2 bridgehead atoms. The quantitative estimate of drug-likeness (QED) is 0.595. The molecule has 3 heterocycles. The summed E-state index contributed by atoms with van der Waals surface area (Å²) in [7, 11) is 0. The highest BCUT2D eigenvalue weighted by molar-refractivity contribution is 5.79. The molecule has 184 valence electrons. The van der Waals surface area contributed by atoms with Crippen LogP contribution in [0.5, 0.6) is 0 Å². The Morgan fingerprint density at radius 3 is 2.26 bits per heavy atom. The van der Waals surface area contributed by atoms with Gasteiger partial charge in [-0.15, -0.1) is 0 Å². The number of rotatable bonds is 6. The van der Waals surface area contributed by atoms with Crippen LogP contribution in [0.2, 0.25) is 0 Å². The fourth-order valence-electron chi connectivity index (χ4n) is 6.69. The molecular weight excluding hydrogens is 432 g/mol. The molecule has 8 heteroatoms. The number of aliphatic hydroxyl groups is 1. The largest absolute Gasteiger partial charge is 0.480 e. The van der Waals surface area contributed by atoms with E-state index >= 15 is 0 Å². The molecule has 1 unspecified atom stereocenters. The zero-order chi connectivity index (χ0) is 23.7. The van der Waals surface area contributed by atoms with Gasteiger partial charge in [0.2, 0.25) is 0 Å². The average Bonchev–Trinajstić information content (AvgIpc) is 3.06. The van der Waals surface area contributed by atoms with E-state index in [2.05, 4.69) is 15.2 Å². The number of hydrogen-bond acceptors (Lipinski definition) is 6. The summed E-state index contributed by atoms with van der Waals surface area (Å²) in [5.74, 6) is -1.22. The van der Waals surface area contributed by atoms with Gasteiger partial charge in [0.1, 0.15) is 6.04 Å². The predicted molar refractivity (Wildman–Crippen MR) is 131 cm³/mol. The molecule has 5 rings (SSSR count). The van der Waals surface area contributed by atoms with Crippen molar-refractivity contribution in [2.24, 2.45) is 0 Å². The van der Waals surface area contributed by atoms with E-state index in [9.17, 15) is 19.8 Å².